The van der Waals surface area contributed by atoms with Crippen molar-refractivity contribution in [2.24, 2.45) is 0 Å². The van der Waals surface area contributed by atoms with Crippen LogP contribution in [0.25, 0.3) is 0 Å². The fourth-order valence-electron chi connectivity index (χ4n) is 3.07. The molecule has 2 amide bonds. The van der Waals surface area contributed by atoms with Gasteiger partial charge in [0.1, 0.15) is 5.60 Å². The average molecular weight is 406 g/mol. The van der Waals surface area contributed by atoms with Gasteiger partial charge in [0.2, 0.25) is 5.91 Å². The van der Waals surface area contributed by atoms with Crippen LogP contribution in [0.1, 0.15) is 38.3 Å². The van der Waals surface area contributed by atoms with Crippen LogP contribution >= 0.6 is 0 Å². The van der Waals surface area contributed by atoms with Crippen molar-refractivity contribution in [1.29, 1.82) is 0 Å². The number of rotatable bonds is 5. The van der Waals surface area contributed by atoms with Gasteiger partial charge in [-0.25, -0.2) is 4.79 Å². The first-order valence-electron chi connectivity index (χ1n) is 9.48. The molecule has 2 rings (SSSR count). The highest BCUT2D eigenvalue weighted by atomic mass is 28.3. The van der Waals surface area contributed by atoms with Gasteiger partial charge in [-0.05, 0) is 50.8 Å². The fourth-order valence-corrected chi connectivity index (χ4v) is 4.51. The molecule has 0 fully saturated rings. The summed E-state index contributed by atoms with van der Waals surface area (Å²) in [5.41, 5.74) is 1.41. The summed E-state index contributed by atoms with van der Waals surface area (Å²) >= 11 is 0. The number of fused-ring (bicyclic) bond motifs is 1. The Hall–Kier alpha value is -2.35. The number of carbonyl (C=O) groups excluding carboxylic acids is 3. The molecule has 0 saturated heterocycles. The minimum Gasteiger partial charge on any atom is -0.472 e. The SMILES string of the molecule is COC(=O)[Si](CCC(=O)N1CCc2ccccc2CC1)NC(=O)OC(C)(C)C. The van der Waals surface area contributed by atoms with Crippen LogP contribution in [-0.2, 0) is 27.1 Å². The molecule has 7 nitrogen and oxygen atoms in total. The molecule has 153 valence electrons. The van der Waals surface area contributed by atoms with Crippen molar-refractivity contribution in [2.75, 3.05) is 20.2 Å². The Morgan fingerprint density at radius 2 is 1.68 bits per heavy atom. The summed E-state index contributed by atoms with van der Waals surface area (Å²) in [6.45, 7) is 6.57. The lowest BCUT2D eigenvalue weighted by Crippen LogP contribution is -2.48. The first kappa shape index (κ1) is 21.9. The molecule has 1 N–H and O–H groups in total. The van der Waals surface area contributed by atoms with Gasteiger partial charge < -0.3 is 19.4 Å². The van der Waals surface area contributed by atoms with Crippen molar-refractivity contribution < 1.29 is 23.9 Å². The molecule has 0 bridgehead atoms. The zero-order valence-electron chi connectivity index (χ0n) is 17.0. The maximum absolute atomic E-state index is 12.7. The lowest BCUT2D eigenvalue weighted by Gasteiger charge is -2.23. The van der Waals surface area contributed by atoms with Crippen molar-refractivity contribution in [3.05, 3.63) is 35.4 Å². The maximum atomic E-state index is 12.7. The van der Waals surface area contributed by atoms with Gasteiger partial charge in [0.05, 0.1) is 7.11 Å². The zero-order valence-corrected chi connectivity index (χ0v) is 18.0. The van der Waals surface area contributed by atoms with Gasteiger partial charge in [0.25, 0.3) is 5.59 Å². The first-order valence-corrected chi connectivity index (χ1v) is 11.2. The summed E-state index contributed by atoms with van der Waals surface area (Å²) in [5.74, 6) is -0.00908. The van der Waals surface area contributed by atoms with E-state index in [0.29, 0.717) is 13.1 Å². The standard InChI is InChI=1S/C20H29N2O5Si/c1-20(2,3)27-18(24)21-28(19(25)26-4)14-11-17(23)22-12-9-15-7-5-6-8-16(15)10-13-22/h5-8H,9-14H2,1-4H3,(H,21,24). The van der Waals surface area contributed by atoms with Crippen LogP contribution in [0, 0.1) is 0 Å². The molecule has 0 unspecified atom stereocenters. The lowest BCUT2D eigenvalue weighted by molar-refractivity contribution is -0.130. The minimum absolute atomic E-state index is 0.00908. The summed E-state index contributed by atoms with van der Waals surface area (Å²) in [6.07, 6.45) is 1.18. The van der Waals surface area contributed by atoms with Gasteiger partial charge >= 0.3 is 15.1 Å². The van der Waals surface area contributed by atoms with Crippen molar-refractivity contribution in [1.82, 2.24) is 9.88 Å². The minimum atomic E-state index is -2.07. The van der Waals surface area contributed by atoms with Crippen LogP contribution in [0.4, 0.5) is 9.59 Å². The number of benzene rings is 1. The van der Waals surface area contributed by atoms with Crippen molar-refractivity contribution in [3.63, 3.8) is 0 Å². The third kappa shape index (κ3) is 6.67. The van der Waals surface area contributed by atoms with Gasteiger partial charge in [-0.1, -0.05) is 24.3 Å². The molecule has 1 aromatic rings. The molecule has 1 aliphatic heterocycles. The number of amides is 2. The molecular formula is C20H29N2O5Si. The highest BCUT2D eigenvalue weighted by Gasteiger charge is 2.30. The quantitative estimate of drug-likeness (QED) is 0.762. The van der Waals surface area contributed by atoms with Crippen LogP contribution < -0.4 is 4.98 Å². The molecule has 1 radical (unpaired) electrons. The van der Waals surface area contributed by atoms with E-state index in [1.807, 2.05) is 17.0 Å². The Morgan fingerprint density at radius 1 is 1.11 bits per heavy atom. The van der Waals surface area contributed by atoms with E-state index in [-0.39, 0.29) is 18.4 Å². The van der Waals surface area contributed by atoms with Crippen LogP contribution in [0.5, 0.6) is 0 Å². The van der Waals surface area contributed by atoms with Crippen molar-refractivity contribution >= 4 is 26.6 Å². The van der Waals surface area contributed by atoms with E-state index in [1.54, 1.807) is 20.8 Å². The Bertz CT molecular complexity index is 690. The maximum Gasteiger partial charge on any atom is 0.399 e. The molecule has 1 aliphatic rings. The third-order valence-electron chi connectivity index (χ3n) is 4.45. The number of nitrogens with zero attached hydrogens (tertiary/aromatic N) is 1. The molecule has 1 heterocycles. The van der Waals surface area contributed by atoms with E-state index in [4.69, 9.17) is 9.47 Å². The molecule has 0 aromatic heterocycles. The summed E-state index contributed by atoms with van der Waals surface area (Å²) in [4.78, 5) is 41.1. The largest absolute Gasteiger partial charge is 0.472 e. The van der Waals surface area contributed by atoms with Gasteiger partial charge in [0, 0.05) is 19.5 Å². The summed E-state index contributed by atoms with van der Waals surface area (Å²) in [7, 11) is -0.797. The number of hydrogen-bond acceptors (Lipinski definition) is 5. The Morgan fingerprint density at radius 3 is 2.18 bits per heavy atom. The van der Waals surface area contributed by atoms with Crippen LogP contribution in [0.15, 0.2) is 24.3 Å². The van der Waals surface area contributed by atoms with E-state index in [0.717, 1.165) is 12.8 Å². The van der Waals surface area contributed by atoms with E-state index < -0.39 is 26.2 Å². The second-order valence-corrected chi connectivity index (χ2v) is 9.86. The van der Waals surface area contributed by atoms with Gasteiger partial charge in [-0.3, -0.25) is 9.59 Å². The highest BCUT2D eigenvalue weighted by molar-refractivity contribution is 6.88. The van der Waals surface area contributed by atoms with Crippen LogP contribution in [0.2, 0.25) is 6.04 Å². The molecule has 1 aromatic carbocycles. The summed E-state index contributed by atoms with van der Waals surface area (Å²) in [6, 6.07) is 8.51. The van der Waals surface area contributed by atoms with E-state index in [2.05, 4.69) is 17.1 Å². The van der Waals surface area contributed by atoms with Gasteiger partial charge in [-0.15, -0.1) is 0 Å². The van der Waals surface area contributed by atoms with Crippen LogP contribution in [-0.4, -0.2) is 57.3 Å². The Labute approximate surface area is 168 Å². The predicted octanol–water partition coefficient (Wildman–Crippen LogP) is 2.87. The molecule has 0 spiro atoms. The van der Waals surface area contributed by atoms with E-state index in [9.17, 15) is 14.4 Å². The third-order valence-corrected chi connectivity index (χ3v) is 6.40. The summed E-state index contributed by atoms with van der Waals surface area (Å²) < 4.78 is 10.0. The molecule has 0 atom stereocenters. The monoisotopic (exact) mass is 405 g/mol. The molecule has 0 saturated carbocycles. The number of ether oxygens (including phenoxy) is 2. The smallest absolute Gasteiger partial charge is 0.399 e. The number of carbonyl (C=O) groups is 3. The topological polar surface area (TPSA) is 84.9 Å². The van der Waals surface area contributed by atoms with E-state index >= 15 is 0 Å². The number of nitrogens with one attached hydrogen (secondary N) is 1. The number of hydrogen-bond donors (Lipinski definition) is 1. The number of methoxy groups -OCH3 is 1. The normalized spacial score (nSPS) is 14.1. The molecular weight excluding hydrogens is 376 g/mol. The van der Waals surface area contributed by atoms with Gasteiger partial charge in [0.15, 0.2) is 0 Å². The molecule has 28 heavy (non-hydrogen) atoms. The zero-order chi connectivity index (χ0) is 20.7. The second kappa shape index (κ2) is 9.72. The first-order chi connectivity index (χ1) is 13.2. The predicted molar refractivity (Wildman–Crippen MR) is 107 cm³/mol. The Kier molecular flexibility index (Phi) is 7.62. The lowest BCUT2D eigenvalue weighted by atomic mass is 10.0. The van der Waals surface area contributed by atoms with Crippen LogP contribution in [0.3, 0.4) is 0 Å². The average Bonchev–Trinajstić information content (AvgIpc) is 2.85. The van der Waals surface area contributed by atoms with E-state index in [1.165, 1.54) is 18.2 Å². The Balaban J connectivity index is 1.90. The molecule has 0 aliphatic carbocycles. The van der Waals surface area contributed by atoms with Crippen molar-refractivity contribution in [2.45, 2.75) is 51.7 Å². The fraction of sp³-hybridized carbons (Fsp3) is 0.550. The van der Waals surface area contributed by atoms with Gasteiger partial charge in [-0.2, -0.15) is 0 Å². The molecule has 8 heteroatoms. The highest BCUT2D eigenvalue weighted by Crippen LogP contribution is 2.16. The van der Waals surface area contributed by atoms with Crippen molar-refractivity contribution in [3.8, 4) is 0 Å². The summed E-state index contributed by atoms with van der Waals surface area (Å²) in [5, 5.41) is 0. The second-order valence-electron chi connectivity index (χ2n) is 7.75.